The largest absolute Gasteiger partial charge is 0.449 e. The Labute approximate surface area is 113 Å². The van der Waals surface area contributed by atoms with E-state index < -0.39 is 6.09 Å². The van der Waals surface area contributed by atoms with Gasteiger partial charge in [0, 0.05) is 6.42 Å². The second kappa shape index (κ2) is 6.04. The van der Waals surface area contributed by atoms with Crippen LogP contribution in [-0.2, 0) is 9.53 Å². The SMILES string of the molecule is CC(C1CCCC1)N1N=C(CCOC(N)=O)CC1=O. The maximum absolute atomic E-state index is 12.0. The van der Waals surface area contributed by atoms with Crippen LogP contribution in [0.1, 0.15) is 45.4 Å². The van der Waals surface area contributed by atoms with Crippen molar-refractivity contribution in [3.05, 3.63) is 0 Å². The zero-order chi connectivity index (χ0) is 13.8. The molecule has 1 saturated carbocycles. The number of amides is 2. The first-order chi connectivity index (χ1) is 9.08. The summed E-state index contributed by atoms with van der Waals surface area (Å²) in [6, 6.07) is 0.171. The van der Waals surface area contributed by atoms with E-state index in [0.29, 0.717) is 18.8 Å². The molecular formula is C13H21N3O3. The Kier molecular flexibility index (Phi) is 4.39. The number of carbonyl (C=O) groups is 2. The second-order valence-electron chi connectivity index (χ2n) is 5.28. The zero-order valence-corrected chi connectivity index (χ0v) is 11.3. The Bertz CT molecular complexity index is 389. The first kappa shape index (κ1) is 13.8. The first-order valence-corrected chi connectivity index (χ1v) is 6.88. The molecule has 1 unspecified atom stereocenters. The Morgan fingerprint density at radius 1 is 1.53 bits per heavy atom. The van der Waals surface area contributed by atoms with Crippen LogP contribution in [0.3, 0.4) is 0 Å². The molecule has 2 rings (SSSR count). The molecule has 0 aromatic heterocycles. The van der Waals surface area contributed by atoms with Crippen molar-refractivity contribution in [2.24, 2.45) is 16.8 Å². The van der Waals surface area contributed by atoms with Crippen LogP contribution in [0.4, 0.5) is 4.79 Å². The molecule has 2 amide bonds. The lowest BCUT2D eigenvalue weighted by atomic mass is 9.99. The summed E-state index contributed by atoms with van der Waals surface area (Å²) in [7, 11) is 0. The van der Waals surface area contributed by atoms with Crippen LogP contribution in [0, 0.1) is 5.92 Å². The molecule has 0 spiro atoms. The van der Waals surface area contributed by atoms with Crippen molar-refractivity contribution < 1.29 is 14.3 Å². The third-order valence-electron chi connectivity index (χ3n) is 3.96. The minimum Gasteiger partial charge on any atom is -0.449 e. The summed E-state index contributed by atoms with van der Waals surface area (Å²) in [4.78, 5) is 22.4. The minimum absolute atomic E-state index is 0.0495. The number of primary amides is 1. The highest BCUT2D eigenvalue weighted by molar-refractivity contribution is 6.05. The molecule has 1 fully saturated rings. The molecule has 106 valence electrons. The zero-order valence-electron chi connectivity index (χ0n) is 11.3. The molecule has 1 aliphatic carbocycles. The highest BCUT2D eigenvalue weighted by Gasteiger charge is 2.33. The molecule has 0 aromatic rings. The molecule has 0 aromatic carbocycles. The normalized spacial score (nSPS) is 21.6. The summed E-state index contributed by atoms with van der Waals surface area (Å²) in [5.41, 5.74) is 5.66. The number of hydrazone groups is 1. The summed E-state index contributed by atoms with van der Waals surface area (Å²) in [6.07, 6.45) is 4.88. The molecule has 2 N–H and O–H groups in total. The molecule has 0 bridgehead atoms. The van der Waals surface area contributed by atoms with Crippen LogP contribution in [0.2, 0.25) is 0 Å². The van der Waals surface area contributed by atoms with Crippen LogP contribution < -0.4 is 5.73 Å². The van der Waals surface area contributed by atoms with Crippen molar-refractivity contribution in [1.29, 1.82) is 0 Å². The summed E-state index contributed by atoms with van der Waals surface area (Å²) < 4.78 is 4.66. The van der Waals surface area contributed by atoms with Gasteiger partial charge in [0.2, 0.25) is 5.91 Å². The molecule has 1 heterocycles. The molecule has 6 heteroatoms. The summed E-state index contributed by atoms with van der Waals surface area (Å²) in [6.45, 7) is 2.26. The van der Waals surface area contributed by atoms with Crippen molar-refractivity contribution in [3.8, 4) is 0 Å². The highest BCUT2D eigenvalue weighted by Crippen LogP contribution is 2.31. The van der Waals surface area contributed by atoms with E-state index in [-0.39, 0.29) is 18.6 Å². The molecule has 1 aliphatic heterocycles. The molecule has 19 heavy (non-hydrogen) atoms. The molecule has 1 atom stereocenters. The maximum Gasteiger partial charge on any atom is 0.404 e. The van der Waals surface area contributed by atoms with Crippen LogP contribution in [0.25, 0.3) is 0 Å². The van der Waals surface area contributed by atoms with Crippen LogP contribution in [-0.4, -0.2) is 35.4 Å². The first-order valence-electron chi connectivity index (χ1n) is 6.88. The molecule has 0 saturated heterocycles. The Morgan fingerprint density at radius 2 is 2.21 bits per heavy atom. The average molecular weight is 267 g/mol. The molecule has 0 radical (unpaired) electrons. The monoisotopic (exact) mass is 267 g/mol. The second-order valence-corrected chi connectivity index (χ2v) is 5.28. The van der Waals surface area contributed by atoms with Crippen molar-refractivity contribution in [2.75, 3.05) is 6.61 Å². The quantitative estimate of drug-likeness (QED) is 0.821. The van der Waals surface area contributed by atoms with E-state index in [0.717, 1.165) is 5.71 Å². The van der Waals surface area contributed by atoms with E-state index in [1.807, 2.05) is 0 Å². The third-order valence-corrected chi connectivity index (χ3v) is 3.96. The number of rotatable bonds is 5. The van der Waals surface area contributed by atoms with Crippen molar-refractivity contribution >= 4 is 17.7 Å². The number of hydrogen-bond acceptors (Lipinski definition) is 4. The summed E-state index contributed by atoms with van der Waals surface area (Å²) >= 11 is 0. The van der Waals surface area contributed by atoms with Gasteiger partial charge in [-0.05, 0) is 25.7 Å². The van der Waals surface area contributed by atoms with Gasteiger partial charge in [0.15, 0.2) is 0 Å². The van der Waals surface area contributed by atoms with Gasteiger partial charge in [-0.1, -0.05) is 12.8 Å². The Balaban J connectivity index is 1.88. The Hall–Kier alpha value is -1.59. The minimum atomic E-state index is -0.791. The van der Waals surface area contributed by atoms with E-state index in [4.69, 9.17) is 5.73 Å². The van der Waals surface area contributed by atoms with Crippen molar-refractivity contribution in [2.45, 2.75) is 51.5 Å². The summed E-state index contributed by atoms with van der Waals surface area (Å²) in [5.74, 6) is 0.613. The van der Waals surface area contributed by atoms with Crippen LogP contribution in [0.15, 0.2) is 5.10 Å². The predicted octanol–water partition coefficient (Wildman–Crippen LogP) is 1.64. The van der Waals surface area contributed by atoms with E-state index in [2.05, 4.69) is 16.8 Å². The van der Waals surface area contributed by atoms with Gasteiger partial charge in [0.25, 0.3) is 0 Å². The fourth-order valence-corrected chi connectivity index (χ4v) is 2.86. The topological polar surface area (TPSA) is 85.0 Å². The van der Waals surface area contributed by atoms with Gasteiger partial charge in [0.05, 0.1) is 24.8 Å². The van der Waals surface area contributed by atoms with Gasteiger partial charge in [-0.25, -0.2) is 9.80 Å². The highest BCUT2D eigenvalue weighted by atomic mass is 16.5. The lowest BCUT2D eigenvalue weighted by Gasteiger charge is -2.26. The number of hydrogen-bond donors (Lipinski definition) is 1. The van der Waals surface area contributed by atoms with Gasteiger partial charge >= 0.3 is 6.09 Å². The molecule has 6 nitrogen and oxygen atoms in total. The fraction of sp³-hybridized carbons (Fsp3) is 0.769. The maximum atomic E-state index is 12.0. The van der Waals surface area contributed by atoms with Crippen molar-refractivity contribution in [3.63, 3.8) is 0 Å². The van der Waals surface area contributed by atoms with Crippen LogP contribution in [0.5, 0.6) is 0 Å². The number of carbonyl (C=O) groups excluding carboxylic acids is 2. The average Bonchev–Trinajstić information content (AvgIpc) is 2.97. The lowest BCUT2D eigenvalue weighted by molar-refractivity contribution is -0.131. The smallest absolute Gasteiger partial charge is 0.404 e. The summed E-state index contributed by atoms with van der Waals surface area (Å²) in [5, 5.41) is 6.00. The molecular weight excluding hydrogens is 246 g/mol. The van der Waals surface area contributed by atoms with Gasteiger partial charge in [-0.2, -0.15) is 5.10 Å². The Morgan fingerprint density at radius 3 is 2.84 bits per heavy atom. The van der Waals surface area contributed by atoms with E-state index in [9.17, 15) is 9.59 Å². The fourth-order valence-electron chi connectivity index (χ4n) is 2.86. The third kappa shape index (κ3) is 3.45. The number of nitrogens with zero attached hydrogens (tertiary/aromatic N) is 2. The van der Waals surface area contributed by atoms with Gasteiger partial charge in [0.1, 0.15) is 0 Å². The number of nitrogens with two attached hydrogens (primary N) is 1. The number of ether oxygens (including phenoxy) is 1. The van der Waals surface area contributed by atoms with E-state index in [1.165, 1.54) is 25.7 Å². The van der Waals surface area contributed by atoms with Gasteiger partial charge in [-0.15, -0.1) is 0 Å². The van der Waals surface area contributed by atoms with Gasteiger partial charge in [-0.3, -0.25) is 4.79 Å². The molecule has 2 aliphatic rings. The van der Waals surface area contributed by atoms with E-state index in [1.54, 1.807) is 5.01 Å². The standard InChI is InChI=1S/C13H21N3O3/c1-9(10-4-2-3-5-10)16-12(17)8-11(15-16)6-7-19-13(14)18/h9-10H,2-8H2,1H3,(H2,14,18). The lowest BCUT2D eigenvalue weighted by Crippen LogP contribution is -2.35. The van der Waals surface area contributed by atoms with E-state index >= 15 is 0 Å². The van der Waals surface area contributed by atoms with Crippen molar-refractivity contribution in [1.82, 2.24) is 5.01 Å². The van der Waals surface area contributed by atoms with Gasteiger partial charge < -0.3 is 10.5 Å². The van der Waals surface area contributed by atoms with Crippen LogP contribution >= 0.6 is 0 Å². The predicted molar refractivity (Wildman–Crippen MR) is 70.5 cm³/mol.